The smallest absolute Gasteiger partial charge is 0.408 e. The standard InChI is InChI=1S/C40H56ClN5O8S/c1-7-8-15-22-55(51,52)45-36(49)39(6)20-14-12-10-9-11-13-16-31(43-37(50)54-38(3,4)5)35(48)46-25-40(24-32(46)34(47)44-39)21-19-28-29-23-27(41)17-18-30(29)42-26(2)33(28)53-40/h12,14,17-18,23,31-32H,7-11,13,15-16,19-22,24-25H2,1-6H3,(H,43,50)(H,44,47)(H,45,49)/b14-12-/t31-,32-,39+,40+/m0/s1. The molecule has 1 fully saturated rings. The van der Waals surface area contributed by atoms with Crippen molar-refractivity contribution in [1.82, 2.24) is 25.2 Å². The molecule has 0 saturated carbocycles. The van der Waals surface area contributed by atoms with Gasteiger partial charge in [-0.3, -0.25) is 19.1 Å². The molecule has 302 valence electrons. The molecule has 3 aliphatic rings. The number of halogens is 1. The summed E-state index contributed by atoms with van der Waals surface area (Å²) in [7, 11) is -3.98. The minimum atomic E-state index is -3.98. The van der Waals surface area contributed by atoms with Crippen LogP contribution in [0.15, 0.2) is 30.4 Å². The molecule has 2 aromatic rings. The first kappa shape index (κ1) is 42.2. The van der Waals surface area contributed by atoms with Gasteiger partial charge in [0.25, 0.3) is 5.91 Å². The maximum absolute atomic E-state index is 14.7. The van der Waals surface area contributed by atoms with Crippen molar-refractivity contribution in [3.8, 4) is 5.75 Å². The normalized spacial score (nSPS) is 25.8. The fraction of sp³-hybridized carbons (Fsp3) is 0.625. The molecule has 1 spiro atoms. The van der Waals surface area contributed by atoms with Gasteiger partial charge in [0.15, 0.2) is 0 Å². The molecule has 0 radical (unpaired) electrons. The summed E-state index contributed by atoms with van der Waals surface area (Å²) in [5, 5.41) is 7.06. The lowest BCUT2D eigenvalue weighted by molar-refractivity contribution is -0.142. The zero-order chi connectivity index (χ0) is 40.2. The predicted octanol–water partition coefficient (Wildman–Crippen LogP) is 6.18. The molecule has 4 amide bonds. The number of nitrogens with zero attached hydrogens (tertiary/aromatic N) is 2. The number of amides is 4. The van der Waals surface area contributed by atoms with Crippen molar-refractivity contribution in [3.63, 3.8) is 0 Å². The van der Waals surface area contributed by atoms with Crippen molar-refractivity contribution in [3.05, 3.63) is 46.6 Å². The highest BCUT2D eigenvalue weighted by molar-refractivity contribution is 7.90. The summed E-state index contributed by atoms with van der Waals surface area (Å²) in [6, 6.07) is 3.38. The fourth-order valence-corrected chi connectivity index (χ4v) is 8.99. The minimum Gasteiger partial charge on any atom is -0.483 e. The van der Waals surface area contributed by atoms with Gasteiger partial charge in [0, 0.05) is 22.4 Å². The molecule has 0 unspecified atom stereocenters. The van der Waals surface area contributed by atoms with Crippen molar-refractivity contribution >= 4 is 56.3 Å². The third-order valence-electron chi connectivity index (χ3n) is 10.5. The number of hydrogen-bond donors (Lipinski definition) is 3. The monoisotopic (exact) mass is 801 g/mol. The van der Waals surface area contributed by atoms with E-state index in [1.54, 1.807) is 32.9 Å². The molecule has 0 aliphatic carbocycles. The number of aromatic nitrogens is 1. The Morgan fingerprint density at radius 2 is 1.91 bits per heavy atom. The zero-order valence-electron chi connectivity index (χ0n) is 32.9. The SMILES string of the molecule is CCCCCS(=O)(=O)NC(=O)[C@@]1(C)C/C=C\CCCCC[C@H](NC(=O)OC(C)(C)C)C(=O)N2C[C@@]3(CCc4c(c(C)nc5ccc(Cl)cc45)O3)C[C@H]2C(=O)N1. The summed E-state index contributed by atoms with van der Waals surface area (Å²) in [5.74, 6) is -1.63. The Kier molecular flexibility index (Phi) is 13.1. The number of carbonyl (C=O) groups is 4. The molecular weight excluding hydrogens is 746 g/mol. The van der Waals surface area contributed by atoms with E-state index in [1.807, 2.05) is 32.1 Å². The van der Waals surface area contributed by atoms with Crippen LogP contribution in [-0.2, 0) is 35.6 Å². The van der Waals surface area contributed by atoms with Gasteiger partial charge >= 0.3 is 6.09 Å². The predicted molar refractivity (Wildman–Crippen MR) is 211 cm³/mol. The Labute approximate surface area is 329 Å². The highest BCUT2D eigenvalue weighted by Crippen LogP contribution is 2.45. The van der Waals surface area contributed by atoms with Gasteiger partial charge in [-0.15, -0.1) is 0 Å². The molecule has 1 saturated heterocycles. The van der Waals surface area contributed by atoms with E-state index in [4.69, 9.17) is 26.1 Å². The number of nitrogens with one attached hydrogen (secondary N) is 3. The van der Waals surface area contributed by atoms with Gasteiger partial charge in [-0.2, -0.15) is 0 Å². The summed E-state index contributed by atoms with van der Waals surface area (Å²) >= 11 is 6.38. The van der Waals surface area contributed by atoms with Gasteiger partial charge in [-0.25, -0.2) is 18.2 Å². The van der Waals surface area contributed by atoms with Crippen molar-refractivity contribution in [2.75, 3.05) is 12.3 Å². The van der Waals surface area contributed by atoms with Gasteiger partial charge < -0.3 is 25.0 Å². The number of fused-ring (bicyclic) bond motifs is 4. The first-order chi connectivity index (χ1) is 25.8. The number of allylic oxidation sites excluding steroid dienone is 1. The summed E-state index contributed by atoms with van der Waals surface area (Å²) in [4.78, 5) is 62.4. The number of benzene rings is 1. The molecule has 13 nitrogen and oxygen atoms in total. The number of aryl methyl sites for hydroxylation is 2. The average molecular weight is 802 g/mol. The number of hydrogen-bond acceptors (Lipinski definition) is 9. The fourth-order valence-electron chi connectivity index (χ4n) is 7.63. The second-order valence-corrected chi connectivity index (χ2v) is 18.7. The Hall–Kier alpha value is -3.91. The van der Waals surface area contributed by atoms with Gasteiger partial charge in [0.2, 0.25) is 21.8 Å². The van der Waals surface area contributed by atoms with Crippen LogP contribution in [0.5, 0.6) is 5.75 Å². The lowest BCUT2D eigenvalue weighted by atomic mass is 9.87. The molecule has 1 aromatic heterocycles. The van der Waals surface area contributed by atoms with Crippen LogP contribution in [0.2, 0.25) is 5.02 Å². The van der Waals surface area contributed by atoms with E-state index in [9.17, 15) is 27.6 Å². The molecule has 3 N–H and O–H groups in total. The highest BCUT2D eigenvalue weighted by Gasteiger charge is 2.54. The van der Waals surface area contributed by atoms with Crippen LogP contribution in [0, 0.1) is 6.92 Å². The molecule has 4 heterocycles. The van der Waals surface area contributed by atoms with Crippen molar-refractivity contribution in [2.45, 2.75) is 147 Å². The maximum atomic E-state index is 14.7. The maximum Gasteiger partial charge on any atom is 0.408 e. The van der Waals surface area contributed by atoms with Crippen LogP contribution in [-0.4, -0.2) is 83.2 Å². The number of alkyl carbamates (subject to hydrolysis) is 1. The molecule has 3 aliphatic heterocycles. The number of unbranched alkanes of at least 4 members (excludes halogenated alkanes) is 2. The van der Waals surface area contributed by atoms with Crippen molar-refractivity contribution < 1.29 is 37.1 Å². The van der Waals surface area contributed by atoms with E-state index >= 15 is 0 Å². The van der Waals surface area contributed by atoms with E-state index in [-0.39, 0.29) is 25.1 Å². The number of rotatable bonds is 7. The molecular formula is C40H56ClN5O8S. The van der Waals surface area contributed by atoms with Gasteiger partial charge in [-0.05, 0) is 97.8 Å². The number of sulfonamides is 1. The quantitative estimate of drug-likeness (QED) is 0.219. The third kappa shape index (κ3) is 10.5. The Bertz CT molecular complexity index is 1930. The Morgan fingerprint density at radius 3 is 2.64 bits per heavy atom. The van der Waals surface area contributed by atoms with Crippen LogP contribution in [0.4, 0.5) is 4.79 Å². The van der Waals surface area contributed by atoms with E-state index < -0.39 is 62.7 Å². The Morgan fingerprint density at radius 1 is 1.15 bits per heavy atom. The second kappa shape index (κ2) is 17.1. The summed E-state index contributed by atoms with van der Waals surface area (Å²) in [6.07, 6.45) is 9.10. The van der Waals surface area contributed by atoms with E-state index in [2.05, 4.69) is 15.4 Å². The first-order valence-electron chi connectivity index (χ1n) is 19.4. The molecule has 15 heteroatoms. The molecule has 1 aromatic carbocycles. The van der Waals surface area contributed by atoms with Crippen molar-refractivity contribution in [2.24, 2.45) is 0 Å². The summed E-state index contributed by atoms with van der Waals surface area (Å²) in [5.41, 5.74) is -1.11. The van der Waals surface area contributed by atoms with Crippen LogP contribution < -0.4 is 20.1 Å². The highest BCUT2D eigenvalue weighted by atomic mass is 35.5. The van der Waals surface area contributed by atoms with Gasteiger partial charge in [0.05, 0.1) is 23.5 Å². The van der Waals surface area contributed by atoms with Crippen LogP contribution in [0.1, 0.15) is 117 Å². The summed E-state index contributed by atoms with van der Waals surface area (Å²) < 4.78 is 40.5. The lowest BCUT2D eigenvalue weighted by Crippen LogP contribution is -2.61. The summed E-state index contributed by atoms with van der Waals surface area (Å²) in [6.45, 7) is 10.5. The zero-order valence-corrected chi connectivity index (χ0v) is 34.5. The molecule has 4 atom stereocenters. The number of ether oxygens (including phenoxy) is 2. The minimum absolute atomic E-state index is 0.0219. The van der Waals surface area contributed by atoms with Crippen LogP contribution >= 0.6 is 11.6 Å². The largest absolute Gasteiger partial charge is 0.483 e. The van der Waals surface area contributed by atoms with E-state index in [0.717, 1.165) is 35.7 Å². The van der Waals surface area contributed by atoms with E-state index in [0.29, 0.717) is 61.4 Å². The van der Waals surface area contributed by atoms with Gasteiger partial charge in [-0.1, -0.05) is 56.4 Å². The van der Waals surface area contributed by atoms with Crippen LogP contribution in [0.3, 0.4) is 0 Å². The molecule has 55 heavy (non-hydrogen) atoms. The first-order valence-corrected chi connectivity index (χ1v) is 21.5. The molecule has 0 bridgehead atoms. The topological polar surface area (TPSA) is 173 Å². The Balaban J connectivity index is 1.52. The van der Waals surface area contributed by atoms with Crippen LogP contribution in [0.25, 0.3) is 10.9 Å². The number of pyridine rings is 1. The average Bonchev–Trinajstić information content (AvgIpc) is 3.46. The second-order valence-electron chi connectivity index (χ2n) is 16.4. The van der Waals surface area contributed by atoms with E-state index in [1.165, 1.54) is 11.8 Å². The van der Waals surface area contributed by atoms with Crippen molar-refractivity contribution in [1.29, 1.82) is 0 Å². The lowest BCUT2D eigenvalue weighted by Gasteiger charge is -2.36. The number of carbonyl (C=O) groups excluding carboxylic acids is 4. The van der Waals surface area contributed by atoms with Gasteiger partial charge in [0.1, 0.15) is 34.6 Å². The molecule has 5 rings (SSSR count). The third-order valence-corrected chi connectivity index (χ3v) is 12.1.